The Morgan fingerprint density at radius 3 is 2.40 bits per heavy atom. The molecule has 1 aliphatic rings. The number of carbonyl (C=O) groups is 1. The number of alkyl halides is 3. The molecule has 1 saturated heterocycles. The van der Waals surface area contributed by atoms with Crippen LogP contribution in [-0.4, -0.2) is 35.1 Å². The van der Waals surface area contributed by atoms with E-state index in [1.54, 1.807) is 0 Å². The Morgan fingerprint density at radius 1 is 1.25 bits per heavy atom. The third kappa shape index (κ3) is 2.92. The van der Waals surface area contributed by atoms with Gasteiger partial charge in [-0.15, -0.1) is 0 Å². The summed E-state index contributed by atoms with van der Waals surface area (Å²) in [5, 5.41) is 9.32. The van der Waals surface area contributed by atoms with E-state index in [4.69, 9.17) is 0 Å². The number of benzene rings is 1. The van der Waals surface area contributed by atoms with Crippen molar-refractivity contribution < 1.29 is 27.5 Å². The van der Waals surface area contributed by atoms with Crippen molar-refractivity contribution in [2.45, 2.75) is 25.1 Å². The van der Waals surface area contributed by atoms with Crippen molar-refractivity contribution in [3.05, 3.63) is 35.1 Å². The van der Waals surface area contributed by atoms with E-state index >= 15 is 0 Å². The van der Waals surface area contributed by atoms with Crippen molar-refractivity contribution in [2.24, 2.45) is 0 Å². The number of rotatable bonds is 1. The summed E-state index contributed by atoms with van der Waals surface area (Å²) < 4.78 is 51.6. The highest BCUT2D eigenvalue weighted by atomic mass is 19.4. The summed E-state index contributed by atoms with van der Waals surface area (Å²) in [4.78, 5) is 13.3. The molecule has 110 valence electrons. The zero-order chi connectivity index (χ0) is 14.9. The molecule has 7 heteroatoms. The number of hydrogen-bond acceptors (Lipinski definition) is 2. The van der Waals surface area contributed by atoms with Crippen LogP contribution in [0.1, 0.15) is 28.8 Å². The van der Waals surface area contributed by atoms with Gasteiger partial charge in [-0.05, 0) is 25.0 Å². The van der Waals surface area contributed by atoms with E-state index < -0.39 is 35.1 Å². The minimum atomic E-state index is -4.83. The first-order chi connectivity index (χ1) is 9.30. The summed E-state index contributed by atoms with van der Waals surface area (Å²) in [5.74, 6) is -2.32. The van der Waals surface area contributed by atoms with Crippen LogP contribution in [0.15, 0.2) is 18.2 Å². The van der Waals surface area contributed by atoms with E-state index in [0.717, 1.165) is 12.1 Å². The first-order valence-corrected chi connectivity index (χ1v) is 6.13. The summed E-state index contributed by atoms with van der Waals surface area (Å²) >= 11 is 0. The molecule has 0 atom stereocenters. The number of aliphatic hydroxyl groups excluding tert-OH is 1. The van der Waals surface area contributed by atoms with Crippen LogP contribution in [-0.2, 0) is 6.18 Å². The minimum absolute atomic E-state index is 0.204. The molecule has 0 aromatic heterocycles. The van der Waals surface area contributed by atoms with E-state index in [9.17, 15) is 27.5 Å². The molecule has 0 aliphatic carbocycles. The Kier molecular flexibility index (Phi) is 3.99. The van der Waals surface area contributed by atoms with Gasteiger partial charge >= 0.3 is 6.18 Å². The molecule has 1 aromatic rings. The molecular weight excluding hydrogens is 278 g/mol. The monoisotopic (exact) mass is 291 g/mol. The zero-order valence-electron chi connectivity index (χ0n) is 10.5. The molecule has 0 radical (unpaired) electrons. The average molecular weight is 291 g/mol. The largest absolute Gasteiger partial charge is 0.419 e. The Hall–Kier alpha value is -1.63. The van der Waals surface area contributed by atoms with Gasteiger partial charge < -0.3 is 10.0 Å². The van der Waals surface area contributed by atoms with Gasteiger partial charge in [-0.2, -0.15) is 13.2 Å². The molecule has 0 bridgehead atoms. The molecule has 1 aromatic carbocycles. The standard InChI is InChI=1S/C13H13F4NO2/c14-11-9(2-1-3-10(11)13(15,16)17)12(20)18-6-4-8(19)5-7-18/h1-3,8,19H,4-7H2. The van der Waals surface area contributed by atoms with Crippen LogP contribution in [0.2, 0.25) is 0 Å². The number of halogens is 4. The second-order valence-corrected chi connectivity index (χ2v) is 4.69. The number of piperidine rings is 1. The van der Waals surface area contributed by atoms with Crippen molar-refractivity contribution in [3.8, 4) is 0 Å². The van der Waals surface area contributed by atoms with Crippen molar-refractivity contribution >= 4 is 5.91 Å². The first kappa shape index (κ1) is 14.8. The summed E-state index contributed by atoms with van der Waals surface area (Å²) in [6, 6.07) is 2.65. The van der Waals surface area contributed by atoms with Gasteiger partial charge in [0.2, 0.25) is 0 Å². The van der Waals surface area contributed by atoms with E-state index in [2.05, 4.69) is 0 Å². The van der Waals surface area contributed by atoms with Crippen LogP contribution in [0, 0.1) is 5.82 Å². The van der Waals surface area contributed by atoms with Crippen LogP contribution in [0.25, 0.3) is 0 Å². The highest BCUT2D eigenvalue weighted by Gasteiger charge is 2.36. The Balaban J connectivity index is 2.27. The lowest BCUT2D eigenvalue weighted by Crippen LogP contribution is -2.40. The molecule has 1 N–H and O–H groups in total. The Labute approximate surface area is 112 Å². The van der Waals surface area contributed by atoms with Crippen LogP contribution in [0.3, 0.4) is 0 Å². The maximum atomic E-state index is 13.8. The SMILES string of the molecule is O=C(c1cccc(C(F)(F)F)c1F)N1CCC(O)CC1. The summed E-state index contributed by atoms with van der Waals surface area (Å²) in [6.07, 6.45) is -4.68. The Bertz CT molecular complexity index is 508. The summed E-state index contributed by atoms with van der Waals surface area (Å²) in [6.45, 7) is 0.408. The van der Waals surface area contributed by atoms with Gasteiger partial charge in [0.25, 0.3) is 5.91 Å². The highest BCUT2D eigenvalue weighted by molar-refractivity contribution is 5.94. The van der Waals surface area contributed by atoms with Gasteiger partial charge in [0.1, 0.15) is 5.82 Å². The van der Waals surface area contributed by atoms with Gasteiger partial charge in [0, 0.05) is 13.1 Å². The molecule has 20 heavy (non-hydrogen) atoms. The molecule has 1 fully saturated rings. The number of amides is 1. The van der Waals surface area contributed by atoms with E-state index in [-0.39, 0.29) is 13.1 Å². The molecule has 1 aliphatic heterocycles. The van der Waals surface area contributed by atoms with E-state index in [0.29, 0.717) is 18.9 Å². The first-order valence-electron chi connectivity index (χ1n) is 6.13. The average Bonchev–Trinajstić information content (AvgIpc) is 2.37. The quantitative estimate of drug-likeness (QED) is 0.807. The van der Waals surface area contributed by atoms with E-state index in [1.165, 1.54) is 4.90 Å². The number of hydrogen-bond donors (Lipinski definition) is 1. The third-order valence-corrected chi connectivity index (χ3v) is 3.29. The summed E-state index contributed by atoms with van der Waals surface area (Å²) in [5.41, 5.74) is -2.03. The predicted molar refractivity (Wildman–Crippen MR) is 62.5 cm³/mol. The van der Waals surface area contributed by atoms with Crippen molar-refractivity contribution in [1.29, 1.82) is 0 Å². The van der Waals surface area contributed by atoms with Crippen molar-refractivity contribution in [2.75, 3.05) is 13.1 Å². The lowest BCUT2D eigenvalue weighted by Gasteiger charge is -2.29. The molecule has 2 rings (SSSR count). The highest BCUT2D eigenvalue weighted by Crippen LogP contribution is 2.32. The fraction of sp³-hybridized carbons (Fsp3) is 0.462. The Morgan fingerprint density at radius 2 is 1.85 bits per heavy atom. The van der Waals surface area contributed by atoms with Crippen LogP contribution >= 0.6 is 0 Å². The smallest absolute Gasteiger partial charge is 0.393 e. The normalized spacial score (nSPS) is 17.4. The lowest BCUT2D eigenvalue weighted by molar-refractivity contribution is -0.140. The molecule has 1 amide bonds. The van der Waals surface area contributed by atoms with Crippen LogP contribution in [0.4, 0.5) is 17.6 Å². The topological polar surface area (TPSA) is 40.5 Å². The second-order valence-electron chi connectivity index (χ2n) is 4.69. The molecule has 0 saturated carbocycles. The molecule has 1 heterocycles. The van der Waals surface area contributed by atoms with Crippen LogP contribution in [0.5, 0.6) is 0 Å². The van der Waals surface area contributed by atoms with Gasteiger partial charge in [-0.25, -0.2) is 4.39 Å². The molecule has 3 nitrogen and oxygen atoms in total. The van der Waals surface area contributed by atoms with Crippen molar-refractivity contribution in [1.82, 2.24) is 4.90 Å². The van der Waals surface area contributed by atoms with Gasteiger partial charge in [0.15, 0.2) is 0 Å². The van der Waals surface area contributed by atoms with Gasteiger partial charge in [-0.1, -0.05) is 6.07 Å². The fourth-order valence-electron chi connectivity index (χ4n) is 2.16. The molecule has 0 spiro atoms. The molecule has 0 unspecified atom stereocenters. The van der Waals surface area contributed by atoms with Crippen LogP contribution < -0.4 is 0 Å². The van der Waals surface area contributed by atoms with Gasteiger partial charge in [0.05, 0.1) is 17.2 Å². The zero-order valence-corrected chi connectivity index (χ0v) is 10.5. The molecular formula is C13H13F4NO2. The van der Waals surface area contributed by atoms with E-state index in [1.807, 2.05) is 0 Å². The predicted octanol–water partition coefficient (Wildman–Crippen LogP) is 2.44. The minimum Gasteiger partial charge on any atom is -0.393 e. The number of nitrogens with zero attached hydrogens (tertiary/aromatic N) is 1. The maximum Gasteiger partial charge on any atom is 0.419 e. The summed E-state index contributed by atoms with van der Waals surface area (Å²) in [7, 11) is 0. The second kappa shape index (κ2) is 5.40. The lowest BCUT2D eigenvalue weighted by atomic mass is 10.0. The number of likely N-dealkylation sites (tertiary alicyclic amines) is 1. The fourth-order valence-corrected chi connectivity index (χ4v) is 2.16. The number of aliphatic hydroxyl groups is 1. The third-order valence-electron chi connectivity index (χ3n) is 3.29. The van der Waals surface area contributed by atoms with Gasteiger partial charge in [-0.3, -0.25) is 4.79 Å². The number of carbonyl (C=O) groups excluding carboxylic acids is 1. The maximum absolute atomic E-state index is 13.8. The van der Waals surface area contributed by atoms with Crippen molar-refractivity contribution in [3.63, 3.8) is 0 Å².